The van der Waals surface area contributed by atoms with E-state index in [2.05, 4.69) is 15.6 Å². The number of carbonyl (C=O) groups excluding carboxylic acids is 2. The van der Waals surface area contributed by atoms with Crippen LogP contribution in [-0.4, -0.2) is 49.2 Å². The summed E-state index contributed by atoms with van der Waals surface area (Å²) in [6, 6.07) is 0.606. The summed E-state index contributed by atoms with van der Waals surface area (Å²) in [7, 11) is 0. The van der Waals surface area contributed by atoms with E-state index in [-0.39, 0.29) is 23.5 Å². The topological polar surface area (TPSA) is 169 Å². The van der Waals surface area contributed by atoms with E-state index in [1.807, 2.05) is 0 Å². The molecule has 0 fully saturated rings. The van der Waals surface area contributed by atoms with E-state index in [1.165, 1.54) is 6.20 Å². The first-order valence-electron chi connectivity index (χ1n) is 7.26. The fourth-order valence-electron chi connectivity index (χ4n) is 1.99. The van der Waals surface area contributed by atoms with Gasteiger partial charge in [-0.3, -0.25) is 14.4 Å². The van der Waals surface area contributed by atoms with Crippen LogP contribution in [0.1, 0.15) is 23.2 Å². The average molecular weight is 381 g/mol. The number of thiazole rings is 1. The number of carbonyl (C=O) groups is 3. The van der Waals surface area contributed by atoms with Gasteiger partial charge < -0.3 is 31.1 Å². The fraction of sp³-hybridized carbons (Fsp3) is 0.200. The number of aliphatic carboxylic acids is 1. The van der Waals surface area contributed by atoms with Crippen molar-refractivity contribution in [2.45, 2.75) is 18.9 Å². The third-order valence-electron chi connectivity index (χ3n) is 3.26. The van der Waals surface area contributed by atoms with E-state index >= 15 is 0 Å². The zero-order valence-corrected chi connectivity index (χ0v) is 14.0. The minimum Gasteiger partial charge on any atom is -0.504 e. The number of nitrogens with zero attached hydrogens (tertiary/aromatic N) is 1. The minimum absolute atomic E-state index is 0.186. The Morgan fingerprint density at radius 2 is 1.81 bits per heavy atom. The maximum Gasteiger partial charge on any atom is 0.303 e. The van der Waals surface area contributed by atoms with Crippen LogP contribution in [0.3, 0.4) is 0 Å². The van der Waals surface area contributed by atoms with Gasteiger partial charge in [0.1, 0.15) is 6.04 Å². The molecule has 1 aromatic carbocycles. The lowest BCUT2D eigenvalue weighted by Crippen LogP contribution is -2.44. The number of rotatable bonds is 7. The minimum atomic E-state index is -1.19. The first kappa shape index (κ1) is 19.0. The molecular formula is C15H15N3O7S. The number of phenolic OH excluding ortho intramolecular Hbond substituents is 3. The number of amides is 2. The first-order chi connectivity index (χ1) is 12.3. The van der Waals surface area contributed by atoms with Crippen LogP contribution in [0.15, 0.2) is 23.7 Å². The Balaban J connectivity index is 2.15. The Bertz CT molecular complexity index is 800. The molecule has 0 unspecified atom stereocenters. The van der Waals surface area contributed by atoms with E-state index in [9.17, 15) is 29.7 Å². The Hall–Kier alpha value is -3.34. The Morgan fingerprint density at radius 1 is 1.15 bits per heavy atom. The normalized spacial score (nSPS) is 11.5. The molecule has 0 spiro atoms. The summed E-state index contributed by atoms with van der Waals surface area (Å²) < 4.78 is 0. The van der Waals surface area contributed by atoms with Crippen molar-refractivity contribution in [3.63, 3.8) is 0 Å². The van der Waals surface area contributed by atoms with Crippen molar-refractivity contribution < 1.29 is 34.8 Å². The molecule has 1 heterocycles. The summed E-state index contributed by atoms with van der Waals surface area (Å²) in [6.07, 6.45) is 0.907. The molecule has 6 N–H and O–H groups in total. The largest absolute Gasteiger partial charge is 0.504 e. The van der Waals surface area contributed by atoms with Gasteiger partial charge in [-0.2, -0.15) is 0 Å². The number of aromatic hydroxyl groups is 3. The highest BCUT2D eigenvalue weighted by Crippen LogP contribution is 2.35. The highest BCUT2D eigenvalue weighted by molar-refractivity contribution is 7.13. The van der Waals surface area contributed by atoms with Crippen molar-refractivity contribution in [1.82, 2.24) is 10.3 Å². The lowest BCUT2D eigenvalue weighted by molar-refractivity contribution is -0.137. The molecule has 0 saturated heterocycles. The zero-order valence-electron chi connectivity index (χ0n) is 13.2. The quantitative estimate of drug-likeness (QED) is 0.384. The van der Waals surface area contributed by atoms with E-state index in [0.717, 1.165) is 23.5 Å². The lowest BCUT2D eigenvalue weighted by Gasteiger charge is -2.17. The third-order valence-corrected chi connectivity index (χ3v) is 3.95. The van der Waals surface area contributed by atoms with Crippen LogP contribution >= 0.6 is 11.3 Å². The van der Waals surface area contributed by atoms with Gasteiger partial charge in [-0.25, -0.2) is 4.98 Å². The summed E-state index contributed by atoms with van der Waals surface area (Å²) in [4.78, 5) is 39.2. The van der Waals surface area contributed by atoms with Gasteiger partial charge in [0, 0.05) is 23.6 Å². The van der Waals surface area contributed by atoms with Crippen LogP contribution in [-0.2, 0) is 9.59 Å². The van der Waals surface area contributed by atoms with Crippen LogP contribution in [0.4, 0.5) is 5.13 Å². The van der Waals surface area contributed by atoms with Crippen molar-refractivity contribution in [2.75, 3.05) is 5.32 Å². The predicted molar refractivity (Wildman–Crippen MR) is 90.3 cm³/mol. The second kappa shape index (κ2) is 8.16. The van der Waals surface area contributed by atoms with Gasteiger partial charge >= 0.3 is 5.97 Å². The molecule has 0 aliphatic heterocycles. The molecule has 11 heteroatoms. The number of nitrogens with one attached hydrogen (secondary N) is 2. The molecular weight excluding hydrogens is 366 g/mol. The van der Waals surface area contributed by atoms with Gasteiger partial charge in [-0.1, -0.05) is 0 Å². The van der Waals surface area contributed by atoms with Gasteiger partial charge in [0.05, 0.1) is 0 Å². The number of benzene rings is 1. The zero-order chi connectivity index (χ0) is 19.3. The summed E-state index contributed by atoms with van der Waals surface area (Å²) in [5.41, 5.74) is -0.222. The predicted octanol–water partition coefficient (Wildman–Crippen LogP) is 0.862. The maximum atomic E-state index is 12.3. The van der Waals surface area contributed by atoms with Gasteiger partial charge in [0.15, 0.2) is 22.4 Å². The number of carboxylic acid groups (broad SMARTS) is 1. The molecule has 1 atom stereocenters. The van der Waals surface area contributed by atoms with Crippen LogP contribution in [0.2, 0.25) is 0 Å². The van der Waals surface area contributed by atoms with Crippen LogP contribution in [0, 0.1) is 0 Å². The lowest BCUT2D eigenvalue weighted by atomic mass is 10.1. The van der Waals surface area contributed by atoms with E-state index in [1.54, 1.807) is 5.38 Å². The molecule has 0 radical (unpaired) electrons. The maximum absolute atomic E-state index is 12.3. The molecule has 26 heavy (non-hydrogen) atoms. The molecule has 2 rings (SSSR count). The average Bonchev–Trinajstić information content (AvgIpc) is 3.08. The first-order valence-corrected chi connectivity index (χ1v) is 8.14. The summed E-state index contributed by atoms with van der Waals surface area (Å²) in [5, 5.41) is 43.7. The van der Waals surface area contributed by atoms with Crippen molar-refractivity contribution in [3.05, 3.63) is 29.3 Å². The SMILES string of the molecule is O=C(O)CC[C@@H](NC(=O)c1cc(O)c(O)c(O)c1)C(=O)Nc1nccs1. The highest BCUT2D eigenvalue weighted by atomic mass is 32.1. The van der Waals surface area contributed by atoms with E-state index in [4.69, 9.17) is 5.11 Å². The van der Waals surface area contributed by atoms with Gasteiger partial charge in [0.25, 0.3) is 5.91 Å². The number of hydrogen-bond acceptors (Lipinski definition) is 8. The summed E-state index contributed by atoms with van der Waals surface area (Å²) in [6.45, 7) is 0. The van der Waals surface area contributed by atoms with Crippen molar-refractivity contribution >= 4 is 34.3 Å². The smallest absolute Gasteiger partial charge is 0.303 e. The number of hydrogen-bond donors (Lipinski definition) is 6. The highest BCUT2D eigenvalue weighted by Gasteiger charge is 2.24. The molecule has 0 bridgehead atoms. The molecule has 2 amide bonds. The standard InChI is InChI=1S/C15H15N3O7S/c19-9-5-7(6-10(20)12(9)23)13(24)17-8(1-2-11(21)22)14(25)18-15-16-3-4-26-15/h3-6,8,19-20,23H,1-2H2,(H,17,24)(H,21,22)(H,16,18,25)/t8-/m1/s1. The Morgan fingerprint density at radius 3 is 2.35 bits per heavy atom. The number of anilines is 1. The molecule has 0 aliphatic carbocycles. The molecule has 0 saturated carbocycles. The summed E-state index contributed by atoms with van der Waals surface area (Å²) in [5.74, 6) is -4.88. The van der Waals surface area contributed by atoms with Crippen molar-refractivity contribution in [1.29, 1.82) is 0 Å². The van der Waals surface area contributed by atoms with Gasteiger partial charge in [-0.15, -0.1) is 11.3 Å². The Kier molecular flexibility index (Phi) is 5.96. The molecule has 0 aliphatic rings. The fourth-order valence-corrected chi connectivity index (χ4v) is 2.52. The second-order valence-electron chi connectivity index (χ2n) is 5.15. The molecule has 10 nitrogen and oxygen atoms in total. The number of carboxylic acids is 1. The van der Waals surface area contributed by atoms with Crippen LogP contribution in [0.5, 0.6) is 17.2 Å². The summed E-state index contributed by atoms with van der Waals surface area (Å²) >= 11 is 1.15. The van der Waals surface area contributed by atoms with E-state index < -0.39 is 41.1 Å². The van der Waals surface area contributed by atoms with Crippen LogP contribution in [0.25, 0.3) is 0 Å². The van der Waals surface area contributed by atoms with Gasteiger partial charge in [-0.05, 0) is 18.6 Å². The van der Waals surface area contributed by atoms with Crippen LogP contribution < -0.4 is 10.6 Å². The molecule has 138 valence electrons. The van der Waals surface area contributed by atoms with E-state index in [0.29, 0.717) is 0 Å². The van der Waals surface area contributed by atoms with Crippen molar-refractivity contribution in [2.24, 2.45) is 0 Å². The monoisotopic (exact) mass is 381 g/mol. The second-order valence-corrected chi connectivity index (χ2v) is 6.04. The molecule has 2 aromatic rings. The Labute approximate surface area is 150 Å². The molecule has 1 aromatic heterocycles. The van der Waals surface area contributed by atoms with Gasteiger partial charge in [0.2, 0.25) is 5.91 Å². The van der Waals surface area contributed by atoms with Crippen molar-refractivity contribution in [3.8, 4) is 17.2 Å². The third kappa shape index (κ3) is 4.83. The number of aromatic nitrogens is 1. The number of phenols is 3.